The van der Waals surface area contributed by atoms with Gasteiger partial charge in [0.05, 0.1) is 6.10 Å². The normalized spacial score (nSPS) is 21.2. The number of likely N-dealkylation sites (N-methyl/N-ethyl adjacent to an activating group) is 1. The Morgan fingerprint density at radius 1 is 1.36 bits per heavy atom. The number of benzene rings is 1. The first kappa shape index (κ1) is 17.6. The molecule has 1 N–H and O–H groups in total. The number of nitrogens with zero attached hydrogens (tertiary/aromatic N) is 3. The standard InChI is InChI=1S/C18H24N4O3/c1-12-5-4-6-14(9-12)17(23)19-8-7-16-20-21-18(25-16)15-11-22(3)10-13(2)24-15/h4-6,9,13,15H,7-8,10-11H2,1-3H3,(H,19,23)/t13-,15-/m1/s1. The molecule has 1 saturated heterocycles. The molecule has 1 aromatic heterocycles. The third-order valence-corrected chi connectivity index (χ3v) is 4.11. The monoisotopic (exact) mass is 344 g/mol. The molecule has 1 aromatic carbocycles. The number of nitrogens with one attached hydrogen (secondary N) is 1. The molecule has 0 spiro atoms. The Labute approximate surface area is 147 Å². The van der Waals surface area contributed by atoms with Crippen molar-refractivity contribution < 1.29 is 13.9 Å². The predicted molar refractivity (Wildman–Crippen MR) is 92.3 cm³/mol. The zero-order valence-electron chi connectivity index (χ0n) is 14.9. The van der Waals surface area contributed by atoms with Crippen molar-refractivity contribution >= 4 is 5.91 Å². The minimum atomic E-state index is -0.197. The van der Waals surface area contributed by atoms with Crippen LogP contribution in [0.2, 0.25) is 0 Å². The van der Waals surface area contributed by atoms with Gasteiger partial charge in [0.25, 0.3) is 5.91 Å². The van der Waals surface area contributed by atoms with Crippen LogP contribution in [0.4, 0.5) is 0 Å². The van der Waals surface area contributed by atoms with E-state index < -0.39 is 0 Å². The number of carbonyl (C=O) groups excluding carboxylic acids is 1. The number of morpholine rings is 1. The highest BCUT2D eigenvalue weighted by Crippen LogP contribution is 2.23. The van der Waals surface area contributed by atoms with Crippen molar-refractivity contribution in [3.8, 4) is 0 Å². The second-order valence-corrected chi connectivity index (χ2v) is 6.57. The van der Waals surface area contributed by atoms with Crippen LogP contribution >= 0.6 is 0 Å². The van der Waals surface area contributed by atoms with E-state index >= 15 is 0 Å². The maximum absolute atomic E-state index is 12.1. The van der Waals surface area contributed by atoms with Crippen molar-refractivity contribution in [2.75, 3.05) is 26.7 Å². The van der Waals surface area contributed by atoms with Crippen LogP contribution in [0.25, 0.3) is 0 Å². The summed E-state index contributed by atoms with van der Waals surface area (Å²) in [5.74, 6) is 0.900. The van der Waals surface area contributed by atoms with E-state index in [9.17, 15) is 4.79 Å². The van der Waals surface area contributed by atoms with E-state index in [0.717, 1.165) is 18.7 Å². The average molecular weight is 344 g/mol. The summed E-state index contributed by atoms with van der Waals surface area (Å²) in [5.41, 5.74) is 1.71. The second-order valence-electron chi connectivity index (χ2n) is 6.57. The van der Waals surface area contributed by atoms with Crippen molar-refractivity contribution in [2.45, 2.75) is 32.5 Å². The second kappa shape index (κ2) is 7.76. The quantitative estimate of drug-likeness (QED) is 0.890. The van der Waals surface area contributed by atoms with Crippen molar-refractivity contribution in [3.63, 3.8) is 0 Å². The van der Waals surface area contributed by atoms with Crippen molar-refractivity contribution in [1.82, 2.24) is 20.4 Å². The van der Waals surface area contributed by atoms with Crippen LogP contribution in [0.1, 0.15) is 40.7 Å². The lowest BCUT2D eigenvalue weighted by atomic mass is 10.1. The molecule has 1 amide bonds. The smallest absolute Gasteiger partial charge is 0.251 e. The first-order valence-electron chi connectivity index (χ1n) is 8.52. The van der Waals surface area contributed by atoms with E-state index in [0.29, 0.717) is 30.3 Å². The van der Waals surface area contributed by atoms with Gasteiger partial charge in [0, 0.05) is 31.6 Å². The number of aryl methyl sites for hydroxylation is 1. The molecule has 3 rings (SSSR count). The zero-order valence-corrected chi connectivity index (χ0v) is 14.9. The molecule has 2 atom stereocenters. The van der Waals surface area contributed by atoms with Crippen LogP contribution in [-0.4, -0.2) is 53.8 Å². The van der Waals surface area contributed by atoms with E-state index in [1.807, 2.05) is 39.1 Å². The Morgan fingerprint density at radius 2 is 2.20 bits per heavy atom. The van der Waals surface area contributed by atoms with E-state index in [1.165, 1.54) is 0 Å². The number of hydrogen-bond acceptors (Lipinski definition) is 6. The first-order valence-corrected chi connectivity index (χ1v) is 8.52. The number of carbonyl (C=O) groups is 1. The molecule has 25 heavy (non-hydrogen) atoms. The summed E-state index contributed by atoms with van der Waals surface area (Å²) >= 11 is 0. The maximum atomic E-state index is 12.1. The van der Waals surface area contributed by atoms with Crippen LogP contribution in [-0.2, 0) is 11.2 Å². The summed E-state index contributed by atoms with van der Waals surface area (Å²) in [5, 5.41) is 11.0. The lowest BCUT2D eigenvalue weighted by Gasteiger charge is -2.32. The van der Waals surface area contributed by atoms with E-state index in [2.05, 4.69) is 20.4 Å². The molecule has 0 saturated carbocycles. The molecular formula is C18H24N4O3. The number of aromatic nitrogens is 2. The fraction of sp³-hybridized carbons (Fsp3) is 0.500. The number of rotatable bonds is 5. The van der Waals surface area contributed by atoms with Crippen molar-refractivity contribution in [1.29, 1.82) is 0 Å². The van der Waals surface area contributed by atoms with Crippen molar-refractivity contribution in [2.24, 2.45) is 0 Å². The molecule has 2 aromatic rings. The number of hydrogen-bond donors (Lipinski definition) is 1. The van der Waals surface area contributed by atoms with Crippen LogP contribution < -0.4 is 5.32 Å². The van der Waals surface area contributed by atoms with Crippen LogP contribution in [0.5, 0.6) is 0 Å². The highest BCUT2D eigenvalue weighted by atomic mass is 16.5. The third-order valence-electron chi connectivity index (χ3n) is 4.11. The van der Waals surface area contributed by atoms with Gasteiger partial charge >= 0.3 is 0 Å². The molecular weight excluding hydrogens is 320 g/mol. The molecule has 1 aliphatic rings. The molecule has 0 bridgehead atoms. The highest BCUT2D eigenvalue weighted by molar-refractivity contribution is 5.94. The summed E-state index contributed by atoms with van der Waals surface area (Å²) in [6.07, 6.45) is 0.424. The molecule has 0 aliphatic carbocycles. The van der Waals surface area contributed by atoms with Gasteiger partial charge in [0.2, 0.25) is 11.8 Å². The molecule has 7 nitrogen and oxygen atoms in total. The van der Waals surface area contributed by atoms with Gasteiger partial charge in [-0.05, 0) is 33.0 Å². The largest absolute Gasteiger partial charge is 0.422 e. The fourth-order valence-electron chi connectivity index (χ4n) is 2.97. The molecule has 2 heterocycles. The van der Waals surface area contributed by atoms with Crippen LogP contribution in [0.3, 0.4) is 0 Å². The Kier molecular flexibility index (Phi) is 5.45. The number of amides is 1. The zero-order chi connectivity index (χ0) is 17.8. The van der Waals surface area contributed by atoms with Crippen LogP contribution in [0, 0.1) is 6.92 Å². The lowest BCUT2D eigenvalue weighted by Crippen LogP contribution is -2.40. The Morgan fingerprint density at radius 3 is 2.96 bits per heavy atom. The Balaban J connectivity index is 1.51. The lowest BCUT2D eigenvalue weighted by molar-refractivity contribution is -0.0825. The van der Waals surface area contributed by atoms with Gasteiger partial charge < -0.3 is 19.4 Å². The maximum Gasteiger partial charge on any atom is 0.251 e. The Hall–Kier alpha value is -2.25. The highest BCUT2D eigenvalue weighted by Gasteiger charge is 2.28. The molecule has 1 aliphatic heterocycles. The Bertz CT molecular complexity index is 721. The SMILES string of the molecule is Cc1cccc(C(=O)NCCc2nnc([C@H]3CN(C)C[C@@H](C)O3)o2)c1. The van der Waals surface area contributed by atoms with Gasteiger partial charge in [-0.2, -0.15) is 0 Å². The predicted octanol–water partition coefficient (Wildman–Crippen LogP) is 1.74. The van der Waals surface area contributed by atoms with Crippen molar-refractivity contribution in [3.05, 3.63) is 47.2 Å². The van der Waals surface area contributed by atoms with Gasteiger partial charge in [-0.1, -0.05) is 17.7 Å². The molecule has 0 radical (unpaired) electrons. The molecule has 1 fully saturated rings. The van der Waals surface area contributed by atoms with E-state index in [1.54, 1.807) is 6.07 Å². The third kappa shape index (κ3) is 4.64. The average Bonchev–Trinajstić information content (AvgIpc) is 3.03. The van der Waals surface area contributed by atoms with Crippen LogP contribution in [0.15, 0.2) is 28.7 Å². The summed E-state index contributed by atoms with van der Waals surface area (Å²) < 4.78 is 11.6. The summed E-state index contributed by atoms with van der Waals surface area (Å²) in [4.78, 5) is 14.3. The van der Waals surface area contributed by atoms with Gasteiger partial charge in [-0.3, -0.25) is 4.79 Å². The number of ether oxygens (including phenoxy) is 1. The van der Waals surface area contributed by atoms with E-state index in [-0.39, 0.29) is 18.1 Å². The summed E-state index contributed by atoms with van der Waals surface area (Å²) in [7, 11) is 2.05. The molecule has 0 unspecified atom stereocenters. The van der Waals surface area contributed by atoms with Gasteiger partial charge in [0.15, 0.2) is 0 Å². The van der Waals surface area contributed by atoms with Gasteiger partial charge in [-0.25, -0.2) is 0 Å². The van der Waals surface area contributed by atoms with Gasteiger partial charge in [0.1, 0.15) is 6.10 Å². The first-order chi connectivity index (χ1) is 12.0. The summed E-state index contributed by atoms with van der Waals surface area (Å²) in [6, 6.07) is 7.49. The van der Waals surface area contributed by atoms with Gasteiger partial charge in [-0.15, -0.1) is 10.2 Å². The van der Waals surface area contributed by atoms with E-state index in [4.69, 9.17) is 9.15 Å². The minimum absolute atomic E-state index is 0.102. The summed E-state index contributed by atoms with van der Waals surface area (Å²) in [6.45, 7) is 6.05. The topological polar surface area (TPSA) is 80.5 Å². The fourth-order valence-corrected chi connectivity index (χ4v) is 2.97. The minimum Gasteiger partial charge on any atom is -0.422 e. The molecule has 134 valence electrons. The molecule has 7 heteroatoms.